The van der Waals surface area contributed by atoms with Crippen LogP contribution >= 0.6 is 11.6 Å². The molecular formula is C9H5ClFNO. The van der Waals surface area contributed by atoms with Crippen molar-refractivity contribution >= 4 is 17.4 Å². The highest BCUT2D eigenvalue weighted by atomic mass is 35.5. The molecule has 0 saturated heterocycles. The van der Waals surface area contributed by atoms with Crippen LogP contribution in [-0.4, -0.2) is 5.78 Å². The van der Waals surface area contributed by atoms with Crippen molar-refractivity contribution in [2.45, 2.75) is 6.42 Å². The SMILES string of the molecule is N#CCC(=O)c1ccc(Cl)cc1F. The first kappa shape index (κ1) is 9.69. The van der Waals surface area contributed by atoms with Crippen LogP contribution in [0.1, 0.15) is 16.8 Å². The highest BCUT2D eigenvalue weighted by Crippen LogP contribution is 2.15. The largest absolute Gasteiger partial charge is 0.293 e. The van der Waals surface area contributed by atoms with Crippen LogP contribution in [0.25, 0.3) is 0 Å². The monoisotopic (exact) mass is 197 g/mol. The molecule has 0 atom stereocenters. The first-order chi connectivity index (χ1) is 6.15. The summed E-state index contributed by atoms with van der Waals surface area (Å²) in [5.74, 6) is -1.22. The molecular weight excluding hydrogens is 193 g/mol. The Bertz CT molecular complexity index is 384. The molecule has 1 aromatic carbocycles. The first-order valence-corrected chi connectivity index (χ1v) is 3.88. The van der Waals surface area contributed by atoms with E-state index < -0.39 is 11.6 Å². The number of ketones is 1. The van der Waals surface area contributed by atoms with Gasteiger partial charge < -0.3 is 0 Å². The Morgan fingerprint density at radius 2 is 2.31 bits per heavy atom. The number of hydrogen-bond donors (Lipinski definition) is 0. The zero-order valence-corrected chi connectivity index (χ0v) is 7.31. The number of carbonyl (C=O) groups is 1. The Labute approximate surface area is 79.5 Å². The Morgan fingerprint density at radius 1 is 1.62 bits per heavy atom. The van der Waals surface area contributed by atoms with Gasteiger partial charge in [-0.3, -0.25) is 4.79 Å². The van der Waals surface area contributed by atoms with Crippen molar-refractivity contribution in [1.29, 1.82) is 5.26 Å². The molecule has 0 amide bonds. The summed E-state index contributed by atoms with van der Waals surface area (Å²) in [5.41, 5.74) is -0.0917. The second kappa shape index (κ2) is 4.01. The van der Waals surface area contributed by atoms with Crippen LogP contribution in [0, 0.1) is 17.1 Å². The van der Waals surface area contributed by atoms with Crippen LogP contribution in [0.5, 0.6) is 0 Å². The van der Waals surface area contributed by atoms with Gasteiger partial charge in [0.15, 0.2) is 5.78 Å². The van der Waals surface area contributed by atoms with Crippen molar-refractivity contribution in [3.8, 4) is 6.07 Å². The number of benzene rings is 1. The maximum Gasteiger partial charge on any atom is 0.179 e. The van der Waals surface area contributed by atoms with Gasteiger partial charge in [-0.2, -0.15) is 5.26 Å². The molecule has 13 heavy (non-hydrogen) atoms. The number of halogens is 2. The molecule has 4 heteroatoms. The van der Waals surface area contributed by atoms with Gasteiger partial charge in [0.2, 0.25) is 0 Å². The molecule has 0 heterocycles. The van der Waals surface area contributed by atoms with E-state index in [1.54, 1.807) is 6.07 Å². The normalized spacial score (nSPS) is 9.31. The molecule has 0 aliphatic rings. The van der Waals surface area contributed by atoms with Crippen molar-refractivity contribution in [2.75, 3.05) is 0 Å². The quantitative estimate of drug-likeness (QED) is 0.684. The molecule has 0 fully saturated rings. The van der Waals surface area contributed by atoms with Crippen LogP contribution in [0.2, 0.25) is 5.02 Å². The van der Waals surface area contributed by atoms with Gasteiger partial charge in [-0.25, -0.2) is 4.39 Å². The molecule has 0 bridgehead atoms. The predicted octanol–water partition coefficient (Wildman–Crippen LogP) is 2.58. The lowest BCUT2D eigenvalue weighted by molar-refractivity contribution is 0.0994. The summed E-state index contributed by atoms with van der Waals surface area (Å²) in [6.45, 7) is 0. The second-order valence-electron chi connectivity index (χ2n) is 2.38. The fraction of sp³-hybridized carbons (Fsp3) is 0.111. The zero-order chi connectivity index (χ0) is 9.84. The van der Waals surface area contributed by atoms with Gasteiger partial charge in [-0.1, -0.05) is 11.6 Å². The standard InChI is InChI=1S/C9H5ClFNO/c10-6-1-2-7(8(11)5-6)9(13)3-4-12/h1-2,5H,3H2. The molecule has 0 saturated carbocycles. The minimum Gasteiger partial charge on any atom is -0.293 e. The van der Waals surface area contributed by atoms with Gasteiger partial charge in [0.25, 0.3) is 0 Å². The highest BCUT2D eigenvalue weighted by Gasteiger charge is 2.10. The van der Waals surface area contributed by atoms with Gasteiger partial charge in [-0.15, -0.1) is 0 Å². The third kappa shape index (κ3) is 2.27. The Morgan fingerprint density at radius 3 is 2.85 bits per heavy atom. The number of nitriles is 1. The van der Waals surface area contributed by atoms with Crippen LogP contribution in [0.15, 0.2) is 18.2 Å². The average molecular weight is 198 g/mol. The maximum atomic E-state index is 13.0. The average Bonchev–Trinajstić information content (AvgIpc) is 2.04. The minimum absolute atomic E-state index is 0.0917. The van der Waals surface area contributed by atoms with Crippen molar-refractivity contribution in [1.82, 2.24) is 0 Å². The summed E-state index contributed by atoms with van der Waals surface area (Å²) in [5, 5.41) is 8.45. The van der Waals surface area contributed by atoms with E-state index >= 15 is 0 Å². The number of nitrogens with zero attached hydrogens (tertiary/aromatic N) is 1. The molecule has 0 N–H and O–H groups in total. The van der Waals surface area contributed by atoms with E-state index in [4.69, 9.17) is 16.9 Å². The molecule has 2 nitrogen and oxygen atoms in total. The van der Waals surface area contributed by atoms with Crippen molar-refractivity contribution in [3.05, 3.63) is 34.6 Å². The molecule has 0 aromatic heterocycles. The third-order valence-corrected chi connectivity index (χ3v) is 1.71. The van der Waals surface area contributed by atoms with Crippen LogP contribution in [0.3, 0.4) is 0 Å². The zero-order valence-electron chi connectivity index (χ0n) is 6.55. The molecule has 0 aliphatic carbocycles. The van der Waals surface area contributed by atoms with E-state index in [-0.39, 0.29) is 17.0 Å². The van der Waals surface area contributed by atoms with E-state index in [2.05, 4.69) is 0 Å². The fourth-order valence-electron chi connectivity index (χ4n) is 0.883. The van der Waals surface area contributed by atoms with E-state index in [0.29, 0.717) is 0 Å². The third-order valence-electron chi connectivity index (χ3n) is 1.47. The summed E-state index contributed by atoms with van der Waals surface area (Å²) in [6, 6.07) is 5.39. The molecule has 66 valence electrons. The lowest BCUT2D eigenvalue weighted by Crippen LogP contribution is -2.00. The summed E-state index contributed by atoms with van der Waals surface area (Å²) in [6.07, 6.45) is -0.321. The molecule has 1 rings (SSSR count). The molecule has 0 aliphatic heterocycles. The first-order valence-electron chi connectivity index (χ1n) is 3.50. The van der Waals surface area contributed by atoms with Gasteiger partial charge >= 0.3 is 0 Å². The number of rotatable bonds is 2. The molecule has 1 aromatic rings. The lowest BCUT2D eigenvalue weighted by Gasteiger charge is -1.98. The Balaban J connectivity index is 3.03. The van der Waals surface area contributed by atoms with Gasteiger partial charge in [-0.05, 0) is 18.2 Å². The molecule has 0 radical (unpaired) electrons. The van der Waals surface area contributed by atoms with Gasteiger partial charge in [0.05, 0.1) is 18.1 Å². The lowest BCUT2D eigenvalue weighted by atomic mass is 10.1. The van der Waals surface area contributed by atoms with Crippen LogP contribution in [-0.2, 0) is 0 Å². The van der Waals surface area contributed by atoms with Gasteiger partial charge in [0.1, 0.15) is 5.82 Å². The summed E-state index contributed by atoms with van der Waals surface area (Å²) in [4.78, 5) is 11.1. The minimum atomic E-state index is -0.687. The topological polar surface area (TPSA) is 40.9 Å². The summed E-state index contributed by atoms with van der Waals surface area (Å²) >= 11 is 5.48. The van der Waals surface area contributed by atoms with Crippen molar-refractivity contribution < 1.29 is 9.18 Å². The van der Waals surface area contributed by atoms with E-state index in [0.717, 1.165) is 6.07 Å². The molecule has 0 spiro atoms. The van der Waals surface area contributed by atoms with Crippen LogP contribution in [0.4, 0.5) is 4.39 Å². The van der Waals surface area contributed by atoms with Crippen molar-refractivity contribution in [2.24, 2.45) is 0 Å². The van der Waals surface area contributed by atoms with Crippen LogP contribution < -0.4 is 0 Å². The van der Waals surface area contributed by atoms with E-state index in [1.165, 1.54) is 12.1 Å². The summed E-state index contributed by atoms with van der Waals surface area (Å²) < 4.78 is 13.0. The van der Waals surface area contributed by atoms with Gasteiger partial charge in [0, 0.05) is 5.02 Å². The smallest absolute Gasteiger partial charge is 0.179 e. The highest BCUT2D eigenvalue weighted by molar-refractivity contribution is 6.30. The number of hydrogen-bond acceptors (Lipinski definition) is 2. The summed E-state index contributed by atoms with van der Waals surface area (Å²) in [7, 11) is 0. The Kier molecular flexibility index (Phi) is 2.99. The van der Waals surface area contributed by atoms with Crippen molar-refractivity contribution in [3.63, 3.8) is 0 Å². The van der Waals surface area contributed by atoms with E-state index in [1.807, 2.05) is 0 Å². The Hall–Kier alpha value is -1.40. The maximum absolute atomic E-state index is 13.0. The number of carbonyl (C=O) groups excluding carboxylic acids is 1. The number of Topliss-reactive ketones (excluding diaryl/α,β-unsaturated/α-hetero) is 1. The molecule has 0 unspecified atom stereocenters. The fourth-order valence-corrected chi connectivity index (χ4v) is 1.04. The second-order valence-corrected chi connectivity index (χ2v) is 2.82. The van der Waals surface area contributed by atoms with E-state index in [9.17, 15) is 9.18 Å². The predicted molar refractivity (Wildman–Crippen MR) is 46.0 cm³/mol.